The summed E-state index contributed by atoms with van der Waals surface area (Å²) in [5, 5.41) is 0. The third-order valence-electron chi connectivity index (χ3n) is 4.88. The largest absolute Gasteiger partial charge is 0.461 e. The van der Waals surface area contributed by atoms with Crippen molar-refractivity contribution in [1.82, 2.24) is 0 Å². The second kappa shape index (κ2) is 9.41. The molecule has 0 spiro atoms. The van der Waals surface area contributed by atoms with Gasteiger partial charge in [0.2, 0.25) is 0 Å². The Hall–Kier alpha value is -0.545. The molecule has 4 nitrogen and oxygen atoms in total. The monoisotopic (exact) mass is 354 g/mol. The van der Waals surface area contributed by atoms with Crippen molar-refractivity contribution in [2.45, 2.75) is 105 Å². The minimum absolute atomic E-state index is 0.0276. The van der Waals surface area contributed by atoms with Crippen LogP contribution in [0.4, 0.5) is 0 Å². The molecular formula is C20H39BO4. The molecule has 0 saturated carbocycles. The van der Waals surface area contributed by atoms with E-state index in [1.165, 1.54) is 0 Å². The summed E-state index contributed by atoms with van der Waals surface area (Å²) in [6, 6.07) is 0. The van der Waals surface area contributed by atoms with Crippen LogP contribution < -0.4 is 0 Å². The van der Waals surface area contributed by atoms with Gasteiger partial charge in [0.05, 0.1) is 18.1 Å². The summed E-state index contributed by atoms with van der Waals surface area (Å²) < 4.78 is 18.3. The van der Waals surface area contributed by atoms with Gasteiger partial charge in [0.1, 0.15) is 5.60 Å². The fourth-order valence-electron chi connectivity index (χ4n) is 3.40. The van der Waals surface area contributed by atoms with Crippen LogP contribution in [0.1, 0.15) is 81.6 Å². The van der Waals surface area contributed by atoms with Gasteiger partial charge in [-0.25, -0.2) is 0 Å². The summed E-state index contributed by atoms with van der Waals surface area (Å²) in [5.41, 5.74) is -0.473. The lowest BCUT2D eigenvalue weighted by atomic mass is 9.63. The Morgan fingerprint density at radius 3 is 1.88 bits per heavy atom. The number of carbonyl (C=O) groups excluding carboxylic acids is 1. The summed E-state index contributed by atoms with van der Waals surface area (Å²) in [5.74, 6) is 0.409. The Kier molecular flexibility index (Phi) is 8.47. The molecule has 1 fully saturated rings. The Balaban J connectivity index is 2.92. The van der Waals surface area contributed by atoms with Crippen LogP contribution >= 0.6 is 0 Å². The maximum Gasteiger partial charge on any atom is 0.461 e. The molecule has 1 rings (SSSR count). The molecule has 1 heterocycles. The average Bonchev–Trinajstić information content (AvgIpc) is 2.91. The molecular weight excluding hydrogens is 315 g/mol. The zero-order valence-electron chi connectivity index (χ0n) is 17.8. The summed E-state index contributed by atoms with van der Waals surface area (Å²) >= 11 is 0. The van der Waals surface area contributed by atoms with Crippen molar-refractivity contribution in [3.8, 4) is 0 Å². The normalized spacial score (nSPS) is 24.0. The molecule has 5 heteroatoms. The first-order valence-corrected chi connectivity index (χ1v) is 10.0. The van der Waals surface area contributed by atoms with Crippen LogP contribution in [0, 0.1) is 17.8 Å². The highest BCUT2D eigenvalue weighted by atomic mass is 16.7. The van der Waals surface area contributed by atoms with Gasteiger partial charge in [0.15, 0.2) is 0 Å². The van der Waals surface area contributed by atoms with Gasteiger partial charge in [-0.15, -0.1) is 0 Å². The minimum atomic E-state index is -0.473. The zero-order chi connectivity index (χ0) is 19.4. The highest BCUT2D eigenvalue weighted by molar-refractivity contribution is 6.47. The molecule has 0 aromatic rings. The van der Waals surface area contributed by atoms with Crippen LogP contribution in [-0.4, -0.2) is 30.9 Å². The predicted molar refractivity (Wildman–Crippen MR) is 103 cm³/mol. The van der Waals surface area contributed by atoms with Gasteiger partial charge in [-0.1, -0.05) is 60.8 Å². The van der Waals surface area contributed by atoms with Gasteiger partial charge in [-0.05, 0) is 32.6 Å². The number of hydrogen-bond donors (Lipinski definition) is 0. The van der Waals surface area contributed by atoms with Crippen LogP contribution in [0.25, 0.3) is 0 Å². The summed E-state index contributed by atoms with van der Waals surface area (Å²) in [7, 11) is -0.325. The van der Waals surface area contributed by atoms with Crippen LogP contribution in [0.3, 0.4) is 0 Å². The molecule has 146 valence electrons. The average molecular weight is 354 g/mol. The van der Waals surface area contributed by atoms with E-state index in [0.29, 0.717) is 11.8 Å². The second-order valence-corrected chi connectivity index (χ2v) is 9.19. The number of ether oxygens (including phenoxy) is 1. The van der Waals surface area contributed by atoms with E-state index < -0.39 is 5.60 Å². The molecule has 0 bridgehead atoms. The number of esters is 1. The number of carbonyl (C=O) groups is 1. The molecule has 0 aliphatic carbocycles. The topological polar surface area (TPSA) is 44.8 Å². The van der Waals surface area contributed by atoms with Gasteiger partial charge in [0.25, 0.3) is 0 Å². The third kappa shape index (κ3) is 6.60. The van der Waals surface area contributed by atoms with E-state index in [9.17, 15) is 4.79 Å². The minimum Gasteiger partial charge on any atom is -0.460 e. The molecule has 4 atom stereocenters. The quantitative estimate of drug-likeness (QED) is 0.449. The van der Waals surface area contributed by atoms with Crippen molar-refractivity contribution in [1.29, 1.82) is 0 Å². The van der Waals surface area contributed by atoms with Crippen molar-refractivity contribution >= 4 is 13.1 Å². The number of unbranched alkanes of at least 4 members (excludes halogenated alkanes) is 1. The standard InChI is InChI=1S/C20H39BO4/c1-10-11-12-16(15(6)19(22)23-20(7,8)9)21-24-17(13(2)3)18(25-21)14(4)5/h13-18H,10-12H2,1-9H3/t15-,16-,17-,18-/m0/s1. The molecule has 0 N–H and O–H groups in total. The fourth-order valence-corrected chi connectivity index (χ4v) is 3.40. The molecule has 0 aromatic carbocycles. The van der Waals surface area contributed by atoms with Gasteiger partial charge in [-0.3, -0.25) is 4.79 Å². The van der Waals surface area contributed by atoms with Gasteiger partial charge in [0, 0.05) is 5.82 Å². The summed E-state index contributed by atoms with van der Waals surface area (Å²) in [4.78, 5) is 12.6. The van der Waals surface area contributed by atoms with E-state index in [1.807, 2.05) is 27.7 Å². The van der Waals surface area contributed by atoms with Crippen molar-refractivity contribution in [2.75, 3.05) is 0 Å². The SMILES string of the molecule is CCCC[C@H](B1O[C@@H](C(C)C)[C@H](C(C)C)O1)[C@H](C)C(=O)OC(C)(C)C. The highest BCUT2D eigenvalue weighted by Gasteiger charge is 2.49. The smallest absolute Gasteiger partial charge is 0.460 e. The molecule has 0 aromatic heterocycles. The van der Waals surface area contributed by atoms with Crippen molar-refractivity contribution < 1.29 is 18.8 Å². The summed E-state index contributed by atoms with van der Waals surface area (Å²) in [6.07, 6.45) is 3.22. The van der Waals surface area contributed by atoms with E-state index in [-0.39, 0.29) is 37.0 Å². The van der Waals surface area contributed by atoms with Gasteiger partial charge >= 0.3 is 13.1 Å². The second-order valence-electron chi connectivity index (χ2n) is 9.19. The lowest BCUT2D eigenvalue weighted by Gasteiger charge is -2.28. The fraction of sp³-hybridized carbons (Fsp3) is 0.950. The Morgan fingerprint density at radius 2 is 1.52 bits per heavy atom. The van der Waals surface area contributed by atoms with E-state index >= 15 is 0 Å². The van der Waals surface area contributed by atoms with Crippen LogP contribution in [0.2, 0.25) is 5.82 Å². The Bertz CT molecular complexity index is 400. The highest BCUT2D eigenvalue weighted by Crippen LogP contribution is 2.38. The maximum absolute atomic E-state index is 12.6. The van der Waals surface area contributed by atoms with Crippen molar-refractivity contribution in [2.24, 2.45) is 17.8 Å². The van der Waals surface area contributed by atoms with Gasteiger partial charge in [-0.2, -0.15) is 0 Å². The molecule has 1 aliphatic heterocycles. The molecule has 0 amide bonds. The molecule has 1 saturated heterocycles. The molecule has 0 radical (unpaired) electrons. The first-order valence-electron chi connectivity index (χ1n) is 10.0. The van der Waals surface area contributed by atoms with Crippen LogP contribution in [0.5, 0.6) is 0 Å². The number of hydrogen-bond acceptors (Lipinski definition) is 4. The van der Waals surface area contributed by atoms with Crippen LogP contribution in [-0.2, 0) is 18.8 Å². The summed E-state index contributed by atoms with van der Waals surface area (Å²) in [6.45, 7) is 18.5. The van der Waals surface area contributed by atoms with Crippen LogP contribution in [0.15, 0.2) is 0 Å². The molecule has 25 heavy (non-hydrogen) atoms. The van der Waals surface area contributed by atoms with Crippen molar-refractivity contribution in [3.05, 3.63) is 0 Å². The lowest BCUT2D eigenvalue weighted by molar-refractivity contribution is -0.159. The predicted octanol–water partition coefficient (Wildman–Crippen LogP) is 5.11. The Labute approximate surface area is 155 Å². The van der Waals surface area contributed by atoms with Crippen molar-refractivity contribution in [3.63, 3.8) is 0 Å². The lowest BCUT2D eigenvalue weighted by Crippen LogP contribution is -2.36. The van der Waals surface area contributed by atoms with Gasteiger partial charge < -0.3 is 14.0 Å². The van der Waals surface area contributed by atoms with E-state index in [4.69, 9.17) is 14.0 Å². The van der Waals surface area contributed by atoms with E-state index in [2.05, 4.69) is 34.6 Å². The van der Waals surface area contributed by atoms with E-state index in [1.54, 1.807) is 0 Å². The molecule has 0 unspecified atom stereocenters. The van der Waals surface area contributed by atoms with E-state index in [0.717, 1.165) is 19.3 Å². The third-order valence-corrected chi connectivity index (χ3v) is 4.88. The molecule has 1 aliphatic rings. The zero-order valence-corrected chi connectivity index (χ0v) is 17.8. The number of rotatable bonds is 8. The Morgan fingerprint density at radius 1 is 1.04 bits per heavy atom. The first-order chi connectivity index (χ1) is 11.5. The maximum atomic E-state index is 12.6. The first kappa shape index (κ1) is 22.5.